The molecule has 1 amide bonds. The standard InChI is InChI=1S/C17H17N5O2S3/c1-10-20-21-16(27-10)18-14(23)9-26-15-12-5-2-6-13(12)22(17(24)19-15)8-11-4-3-7-25-11/h3-4,7H,2,5-6,8-9H2,1H3,(H,18,21,23). The molecule has 0 radical (unpaired) electrons. The molecular formula is C17H17N5O2S3. The lowest BCUT2D eigenvalue weighted by Crippen LogP contribution is -2.27. The van der Waals surface area contributed by atoms with Gasteiger partial charge >= 0.3 is 5.69 Å². The molecule has 4 rings (SSSR count). The topological polar surface area (TPSA) is 89.8 Å². The van der Waals surface area contributed by atoms with Crippen LogP contribution in [0, 0.1) is 6.92 Å². The fraction of sp³-hybridized carbons (Fsp3) is 0.353. The lowest BCUT2D eigenvalue weighted by molar-refractivity contribution is -0.113. The van der Waals surface area contributed by atoms with Crippen molar-refractivity contribution in [3.8, 4) is 0 Å². The number of hydrogen-bond acceptors (Lipinski definition) is 8. The lowest BCUT2D eigenvalue weighted by atomic mass is 10.2. The Hall–Kier alpha value is -2.04. The minimum absolute atomic E-state index is 0.174. The Morgan fingerprint density at radius 2 is 2.26 bits per heavy atom. The van der Waals surface area contributed by atoms with Gasteiger partial charge in [0, 0.05) is 16.1 Å². The third-order valence-electron chi connectivity index (χ3n) is 4.21. The molecule has 7 nitrogen and oxygen atoms in total. The Balaban J connectivity index is 1.50. The first-order valence-corrected chi connectivity index (χ1v) is 11.2. The number of rotatable bonds is 6. The maximum absolute atomic E-state index is 12.6. The molecule has 0 saturated heterocycles. The summed E-state index contributed by atoms with van der Waals surface area (Å²) in [6, 6.07) is 4.02. The number of amides is 1. The van der Waals surface area contributed by atoms with E-state index >= 15 is 0 Å². The van der Waals surface area contributed by atoms with Gasteiger partial charge in [-0.2, -0.15) is 4.98 Å². The number of aryl methyl sites for hydroxylation is 1. The average molecular weight is 420 g/mol. The highest BCUT2D eigenvalue weighted by Gasteiger charge is 2.23. The smallest absolute Gasteiger partial charge is 0.300 e. The van der Waals surface area contributed by atoms with E-state index in [-0.39, 0.29) is 17.3 Å². The zero-order valence-electron chi connectivity index (χ0n) is 14.6. The summed E-state index contributed by atoms with van der Waals surface area (Å²) in [5.41, 5.74) is 1.92. The van der Waals surface area contributed by atoms with E-state index < -0.39 is 0 Å². The number of nitrogens with one attached hydrogen (secondary N) is 1. The zero-order valence-corrected chi connectivity index (χ0v) is 17.0. The highest BCUT2D eigenvalue weighted by Crippen LogP contribution is 2.30. The van der Waals surface area contributed by atoms with E-state index in [0.29, 0.717) is 16.7 Å². The van der Waals surface area contributed by atoms with Crippen molar-refractivity contribution < 1.29 is 4.79 Å². The van der Waals surface area contributed by atoms with E-state index in [0.717, 1.165) is 40.4 Å². The maximum atomic E-state index is 12.6. The van der Waals surface area contributed by atoms with Crippen LogP contribution in [0.15, 0.2) is 27.3 Å². The number of hydrogen-bond donors (Lipinski definition) is 1. The van der Waals surface area contributed by atoms with Gasteiger partial charge in [-0.25, -0.2) is 4.79 Å². The molecule has 0 aliphatic heterocycles. The molecule has 3 aromatic rings. The Labute approximate surface area is 167 Å². The molecule has 0 saturated carbocycles. The van der Waals surface area contributed by atoms with Gasteiger partial charge in [0.15, 0.2) is 0 Å². The van der Waals surface area contributed by atoms with Crippen LogP contribution in [0.2, 0.25) is 0 Å². The van der Waals surface area contributed by atoms with Crippen LogP contribution < -0.4 is 11.0 Å². The Morgan fingerprint density at radius 1 is 1.37 bits per heavy atom. The molecule has 140 valence electrons. The zero-order chi connectivity index (χ0) is 18.8. The van der Waals surface area contributed by atoms with Crippen molar-refractivity contribution in [1.82, 2.24) is 19.7 Å². The molecule has 27 heavy (non-hydrogen) atoms. The summed E-state index contributed by atoms with van der Waals surface area (Å²) < 4.78 is 1.78. The predicted octanol–water partition coefficient (Wildman–Crippen LogP) is 2.73. The fourth-order valence-electron chi connectivity index (χ4n) is 3.06. The van der Waals surface area contributed by atoms with E-state index in [1.807, 2.05) is 24.4 Å². The first-order chi connectivity index (χ1) is 13.1. The molecule has 0 aromatic carbocycles. The normalized spacial score (nSPS) is 12.9. The fourth-order valence-corrected chi connectivity index (χ4v) is 5.24. The summed E-state index contributed by atoms with van der Waals surface area (Å²) in [4.78, 5) is 30.2. The van der Waals surface area contributed by atoms with Crippen molar-refractivity contribution in [1.29, 1.82) is 0 Å². The van der Waals surface area contributed by atoms with Crippen molar-refractivity contribution in [3.63, 3.8) is 0 Å². The van der Waals surface area contributed by atoms with E-state index in [2.05, 4.69) is 20.5 Å². The van der Waals surface area contributed by atoms with Crippen LogP contribution in [0.4, 0.5) is 5.13 Å². The average Bonchev–Trinajstić information content (AvgIpc) is 3.38. The Morgan fingerprint density at radius 3 is 3.00 bits per heavy atom. The second kappa shape index (κ2) is 7.91. The quantitative estimate of drug-likeness (QED) is 0.488. The summed E-state index contributed by atoms with van der Waals surface area (Å²) >= 11 is 4.28. The van der Waals surface area contributed by atoms with Crippen LogP contribution >= 0.6 is 34.4 Å². The van der Waals surface area contributed by atoms with Crippen molar-refractivity contribution in [2.75, 3.05) is 11.1 Å². The summed E-state index contributed by atoms with van der Waals surface area (Å²) in [5.74, 6) is 0.0133. The number of carbonyl (C=O) groups is 1. The lowest BCUT2D eigenvalue weighted by Gasteiger charge is -2.13. The predicted molar refractivity (Wildman–Crippen MR) is 108 cm³/mol. The Kier molecular flexibility index (Phi) is 5.37. The summed E-state index contributed by atoms with van der Waals surface area (Å²) in [5, 5.41) is 14.5. The molecule has 3 heterocycles. The monoisotopic (exact) mass is 419 g/mol. The molecule has 1 aliphatic carbocycles. The molecular weight excluding hydrogens is 402 g/mol. The van der Waals surface area contributed by atoms with Crippen LogP contribution in [0.5, 0.6) is 0 Å². The first kappa shape index (κ1) is 18.3. The van der Waals surface area contributed by atoms with Gasteiger partial charge in [-0.15, -0.1) is 21.5 Å². The second-order valence-corrected chi connectivity index (χ2v) is 9.28. The van der Waals surface area contributed by atoms with Crippen LogP contribution in [0.25, 0.3) is 0 Å². The maximum Gasteiger partial charge on any atom is 0.349 e. The van der Waals surface area contributed by atoms with Crippen LogP contribution in [0.3, 0.4) is 0 Å². The molecule has 10 heteroatoms. The largest absolute Gasteiger partial charge is 0.349 e. The summed E-state index contributed by atoms with van der Waals surface area (Å²) in [7, 11) is 0. The second-order valence-electron chi connectivity index (χ2n) is 6.11. The van der Waals surface area contributed by atoms with Crippen molar-refractivity contribution in [2.45, 2.75) is 37.8 Å². The number of carbonyl (C=O) groups excluding carboxylic acids is 1. The highest BCUT2D eigenvalue weighted by molar-refractivity contribution is 8.00. The number of aromatic nitrogens is 4. The molecule has 0 unspecified atom stereocenters. The van der Waals surface area contributed by atoms with Crippen molar-refractivity contribution in [3.05, 3.63) is 49.1 Å². The molecule has 0 atom stereocenters. The molecule has 0 bridgehead atoms. The van der Waals surface area contributed by atoms with Crippen molar-refractivity contribution >= 4 is 45.5 Å². The number of anilines is 1. The first-order valence-electron chi connectivity index (χ1n) is 8.48. The van der Waals surface area contributed by atoms with Crippen LogP contribution in [-0.2, 0) is 24.2 Å². The van der Waals surface area contributed by atoms with E-state index in [4.69, 9.17) is 0 Å². The third kappa shape index (κ3) is 4.12. The number of thioether (sulfide) groups is 1. The van der Waals surface area contributed by atoms with Crippen LogP contribution in [-0.4, -0.2) is 31.4 Å². The van der Waals surface area contributed by atoms with Gasteiger partial charge in [-0.05, 0) is 37.6 Å². The van der Waals surface area contributed by atoms with Gasteiger partial charge in [-0.3, -0.25) is 14.7 Å². The molecule has 0 spiro atoms. The van der Waals surface area contributed by atoms with Gasteiger partial charge < -0.3 is 0 Å². The van der Waals surface area contributed by atoms with Crippen LogP contribution in [0.1, 0.15) is 27.6 Å². The summed E-state index contributed by atoms with van der Waals surface area (Å²) in [6.45, 7) is 2.40. The van der Waals surface area contributed by atoms with Gasteiger partial charge in [0.1, 0.15) is 10.0 Å². The third-order valence-corrected chi connectivity index (χ3v) is 6.84. The summed E-state index contributed by atoms with van der Waals surface area (Å²) in [6.07, 6.45) is 2.78. The van der Waals surface area contributed by atoms with E-state index in [1.54, 1.807) is 15.9 Å². The Bertz CT molecular complexity index is 1030. The minimum atomic E-state index is -0.244. The van der Waals surface area contributed by atoms with Gasteiger partial charge in [-0.1, -0.05) is 29.2 Å². The van der Waals surface area contributed by atoms with Crippen molar-refractivity contribution in [2.24, 2.45) is 0 Å². The number of nitrogens with zero attached hydrogens (tertiary/aromatic N) is 4. The molecule has 1 N–H and O–H groups in total. The molecule has 0 fully saturated rings. The molecule has 1 aliphatic rings. The van der Waals surface area contributed by atoms with E-state index in [1.165, 1.54) is 23.1 Å². The van der Waals surface area contributed by atoms with Gasteiger partial charge in [0.25, 0.3) is 0 Å². The van der Waals surface area contributed by atoms with Gasteiger partial charge in [0.05, 0.1) is 12.3 Å². The minimum Gasteiger partial charge on any atom is -0.300 e. The highest BCUT2D eigenvalue weighted by atomic mass is 32.2. The number of thiophene rings is 1. The van der Waals surface area contributed by atoms with Gasteiger partial charge in [0.2, 0.25) is 11.0 Å². The van der Waals surface area contributed by atoms with E-state index in [9.17, 15) is 9.59 Å². The molecule has 3 aromatic heterocycles. The number of fused-ring (bicyclic) bond motifs is 1. The SMILES string of the molecule is Cc1nnc(NC(=O)CSc2nc(=O)n(Cc3cccs3)c3c2CCC3)s1.